The molecule has 0 saturated carbocycles. The van der Waals surface area contributed by atoms with Gasteiger partial charge in [0.1, 0.15) is 18.5 Å². The van der Waals surface area contributed by atoms with Crippen molar-refractivity contribution in [3.8, 4) is 5.75 Å². The molecular weight excluding hydrogens is 473 g/mol. The van der Waals surface area contributed by atoms with Crippen LogP contribution in [0.4, 0.5) is 18.9 Å². The number of carbonyl (C=O) groups excluding carboxylic acids is 1. The van der Waals surface area contributed by atoms with Crippen LogP contribution in [-0.2, 0) is 16.2 Å². The predicted molar refractivity (Wildman–Crippen MR) is 119 cm³/mol. The summed E-state index contributed by atoms with van der Waals surface area (Å²) in [6, 6.07) is 17.7. The molecular formula is C23H21F3N2O5S. The molecule has 0 saturated heterocycles. The number of ether oxygens (including phenoxy) is 1. The van der Waals surface area contributed by atoms with Crippen LogP contribution in [0.2, 0.25) is 0 Å². The van der Waals surface area contributed by atoms with Gasteiger partial charge in [-0.15, -0.1) is 0 Å². The number of hydrogen-bond donors (Lipinski definition) is 3. The second-order valence-corrected chi connectivity index (χ2v) is 8.88. The Morgan fingerprint density at radius 3 is 2.29 bits per heavy atom. The zero-order chi connectivity index (χ0) is 24.8. The Bertz CT molecular complexity index is 1220. The Hall–Kier alpha value is -3.57. The monoisotopic (exact) mass is 494 g/mol. The van der Waals surface area contributed by atoms with E-state index in [-0.39, 0.29) is 29.4 Å². The lowest BCUT2D eigenvalue weighted by Gasteiger charge is -2.14. The molecule has 180 valence electrons. The fraction of sp³-hybridized carbons (Fsp3) is 0.174. The maximum Gasteiger partial charge on any atom is 0.416 e. The molecule has 3 N–H and O–H groups in total. The van der Waals surface area contributed by atoms with E-state index in [4.69, 9.17) is 4.74 Å². The van der Waals surface area contributed by atoms with E-state index in [0.29, 0.717) is 5.69 Å². The molecule has 0 aliphatic rings. The van der Waals surface area contributed by atoms with Crippen molar-refractivity contribution in [3.63, 3.8) is 0 Å². The highest BCUT2D eigenvalue weighted by atomic mass is 32.2. The number of amides is 1. The number of halogens is 3. The first-order valence-corrected chi connectivity index (χ1v) is 11.5. The Balaban J connectivity index is 1.51. The molecule has 0 radical (unpaired) electrons. The number of nitrogens with one attached hydrogen (secondary N) is 2. The van der Waals surface area contributed by atoms with Crippen LogP contribution in [0.1, 0.15) is 15.9 Å². The maximum absolute atomic E-state index is 12.7. The Labute approximate surface area is 194 Å². The molecule has 0 aromatic heterocycles. The van der Waals surface area contributed by atoms with Gasteiger partial charge in [-0.25, -0.2) is 8.42 Å². The van der Waals surface area contributed by atoms with Crippen molar-refractivity contribution in [2.24, 2.45) is 0 Å². The molecule has 3 aromatic rings. The van der Waals surface area contributed by atoms with Crippen molar-refractivity contribution in [2.45, 2.75) is 17.2 Å². The van der Waals surface area contributed by atoms with Crippen molar-refractivity contribution in [1.82, 2.24) is 5.32 Å². The summed E-state index contributed by atoms with van der Waals surface area (Å²) in [4.78, 5) is 12.2. The van der Waals surface area contributed by atoms with E-state index in [2.05, 4.69) is 10.0 Å². The summed E-state index contributed by atoms with van der Waals surface area (Å²) < 4.78 is 70.7. The minimum absolute atomic E-state index is 0.0394. The number of aliphatic hydroxyl groups is 1. The van der Waals surface area contributed by atoms with Crippen LogP contribution in [0.5, 0.6) is 5.75 Å². The summed E-state index contributed by atoms with van der Waals surface area (Å²) in [5.41, 5.74) is -0.326. The van der Waals surface area contributed by atoms with Gasteiger partial charge in [0.05, 0.1) is 10.5 Å². The molecule has 0 fully saturated rings. The summed E-state index contributed by atoms with van der Waals surface area (Å²) in [6.07, 6.45) is -5.70. The summed E-state index contributed by atoms with van der Waals surface area (Å²) in [6.45, 7) is -0.572. The summed E-state index contributed by atoms with van der Waals surface area (Å²) >= 11 is 0. The van der Waals surface area contributed by atoms with Crippen molar-refractivity contribution in [1.29, 1.82) is 0 Å². The molecule has 11 heteroatoms. The minimum atomic E-state index is -4.52. The first-order valence-electron chi connectivity index (χ1n) is 9.99. The van der Waals surface area contributed by atoms with Crippen LogP contribution >= 0.6 is 0 Å². The van der Waals surface area contributed by atoms with Gasteiger partial charge in [0, 0.05) is 17.8 Å². The van der Waals surface area contributed by atoms with E-state index in [0.717, 1.165) is 12.1 Å². The Morgan fingerprint density at radius 1 is 0.971 bits per heavy atom. The molecule has 0 bridgehead atoms. The highest BCUT2D eigenvalue weighted by Crippen LogP contribution is 2.31. The lowest BCUT2D eigenvalue weighted by molar-refractivity contribution is -0.137. The molecule has 0 heterocycles. The zero-order valence-electron chi connectivity index (χ0n) is 17.6. The van der Waals surface area contributed by atoms with Gasteiger partial charge in [-0.05, 0) is 54.6 Å². The van der Waals surface area contributed by atoms with Gasteiger partial charge < -0.3 is 15.2 Å². The molecule has 7 nitrogen and oxygen atoms in total. The SMILES string of the molecule is O=C(NCC(O)COc1cccc(C(F)(F)F)c1)c1ccc(S(=O)(=O)Nc2ccccc2)cc1. The largest absolute Gasteiger partial charge is 0.491 e. The summed E-state index contributed by atoms with van der Waals surface area (Å²) in [7, 11) is -3.84. The third-order valence-corrected chi connectivity index (χ3v) is 5.95. The van der Waals surface area contributed by atoms with E-state index in [1.165, 1.54) is 36.4 Å². The van der Waals surface area contributed by atoms with Crippen molar-refractivity contribution in [3.05, 3.63) is 90.0 Å². The molecule has 1 atom stereocenters. The second kappa shape index (κ2) is 10.6. The zero-order valence-corrected chi connectivity index (χ0v) is 18.4. The molecule has 1 amide bonds. The smallest absolute Gasteiger partial charge is 0.416 e. The number of rotatable bonds is 9. The number of benzene rings is 3. The van der Waals surface area contributed by atoms with Crippen molar-refractivity contribution in [2.75, 3.05) is 17.9 Å². The van der Waals surface area contributed by atoms with Crippen LogP contribution in [0.3, 0.4) is 0 Å². The third-order valence-electron chi connectivity index (χ3n) is 4.55. The van der Waals surface area contributed by atoms with Gasteiger partial charge in [0.25, 0.3) is 15.9 Å². The molecule has 3 aromatic carbocycles. The quantitative estimate of drug-likeness (QED) is 0.421. The summed E-state index contributed by atoms with van der Waals surface area (Å²) in [5, 5.41) is 12.4. The normalized spacial score (nSPS) is 12.6. The summed E-state index contributed by atoms with van der Waals surface area (Å²) in [5.74, 6) is -0.640. The predicted octanol–water partition coefficient (Wildman–Crippen LogP) is 3.68. The topological polar surface area (TPSA) is 105 Å². The number of anilines is 1. The fourth-order valence-electron chi connectivity index (χ4n) is 2.83. The van der Waals surface area contributed by atoms with Gasteiger partial charge >= 0.3 is 6.18 Å². The Morgan fingerprint density at radius 2 is 1.65 bits per heavy atom. The average Bonchev–Trinajstić information content (AvgIpc) is 2.81. The fourth-order valence-corrected chi connectivity index (χ4v) is 3.89. The van der Waals surface area contributed by atoms with E-state index in [1.807, 2.05) is 0 Å². The van der Waals surface area contributed by atoms with Gasteiger partial charge in [-0.1, -0.05) is 24.3 Å². The number of alkyl halides is 3. The average molecular weight is 494 g/mol. The lowest BCUT2D eigenvalue weighted by atomic mass is 10.2. The molecule has 0 spiro atoms. The van der Waals surface area contributed by atoms with Gasteiger partial charge in [-0.2, -0.15) is 13.2 Å². The second-order valence-electron chi connectivity index (χ2n) is 7.20. The number of para-hydroxylation sites is 1. The van der Waals surface area contributed by atoms with E-state index in [9.17, 15) is 31.5 Å². The van der Waals surface area contributed by atoms with Crippen LogP contribution in [0.15, 0.2) is 83.8 Å². The van der Waals surface area contributed by atoms with E-state index >= 15 is 0 Å². The van der Waals surface area contributed by atoms with Crippen molar-refractivity contribution >= 4 is 21.6 Å². The van der Waals surface area contributed by atoms with Gasteiger partial charge in [0.15, 0.2) is 0 Å². The highest BCUT2D eigenvalue weighted by Gasteiger charge is 2.30. The van der Waals surface area contributed by atoms with Crippen molar-refractivity contribution < 1.29 is 36.2 Å². The van der Waals surface area contributed by atoms with Crippen LogP contribution in [-0.4, -0.2) is 38.7 Å². The van der Waals surface area contributed by atoms with Crippen LogP contribution in [0, 0.1) is 0 Å². The van der Waals surface area contributed by atoms with Gasteiger partial charge in [0.2, 0.25) is 0 Å². The van der Waals surface area contributed by atoms with Crippen LogP contribution < -0.4 is 14.8 Å². The highest BCUT2D eigenvalue weighted by molar-refractivity contribution is 7.92. The number of sulfonamides is 1. The first-order chi connectivity index (χ1) is 16.0. The molecule has 0 aliphatic carbocycles. The molecule has 34 heavy (non-hydrogen) atoms. The molecule has 0 aliphatic heterocycles. The Kier molecular flexibility index (Phi) is 7.79. The van der Waals surface area contributed by atoms with E-state index < -0.39 is 33.8 Å². The standard InChI is InChI=1S/C23H21F3N2O5S/c24-23(25,26)17-5-4-8-20(13-17)33-15-19(29)14-27-22(30)16-9-11-21(12-10-16)34(31,32)28-18-6-2-1-3-7-18/h1-13,19,28-29H,14-15H2,(H,27,30). The number of hydrogen-bond acceptors (Lipinski definition) is 5. The molecule has 3 rings (SSSR count). The van der Waals surface area contributed by atoms with Gasteiger partial charge in [-0.3, -0.25) is 9.52 Å². The van der Waals surface area contributed by atoms with Crippen LogP contribution in [0.25, 0.3) is 0 Å². The number of aliphatic hydroxyl groups excluding tert-OH is 1. The molecule has 1 unspecified atom stereocenters. The number of carbonyl (C=O) groups is 1. The minimum Gasteiger partial charge on any atom is -0.491 e. The third kappa shape index (κ3) is 6.96. The van der Waals surface area contributed by atoms with E-state index in [1.54, 1.807) is 30.3 Å². The maximum atomic E-state index is 12.7. The lowest BCUT2D eigenvalue weighted by Crippen LogP contribution is -2.35. The first kappa shape index (κ1) is 25.1.